The standard InChI is InChI=1S/C26H35N7O3/c1-18(35)22-15-19-16-28-26(31-24(19)25(29-22)33-9-3-2-4-10-33)30-23-6-5-21(17-27-23)36-20-7-11-32(12-8-20)13-14-34/h5-6,15-18,20,34-35H,2-4,7-14H2,1H3,(H,27,28,30,31)/t18-/m1/s1. The van der Waals surface area contributed by atoms with Crippen molar-refractivity contribution in [1.82, 2.24) is 24.8 Å². The number of fused-ring (bicyclic) bond motifs is 1. The van der Waals surface area contributed by atoms with Crippen LogP contribution in [0.1, 0.15) is 50.8 Å². The highest BCUT2D eigenvalue weighted by molar-refractivity contribution is 5.89. The number of piperidine rings is 2. The Kier molecular flexibility index (Phi) is 7.74. The van der Waals surface area contributed by atoms with Crippen LogP contribution in [0.2, 0.25) is 0 Å². The minimum absolute atomic E-state index is 0.164. The van der Waals surface area contributed by atoms with Crippen LogP contribution in [0.5, 0.6) is 5.75 Å². The van der Waals surface area contributed by atoms with Crippen molar-refractivity contribution in [3.8, 4) is 5.75 Å². The average Bonchev–Trinajstić information content (AvgIpc) is 2.91. The van der Waals surface area contributed by atoms with Crippen LogP contribution in [0.4, 0.5) is 17.6 Å². The van der Waals surface area contributed by atoms with Gasteiger partial charge in [-0.1, -0.05) is 0 Å². The molecule has 10 heteroatoms. The normalized spacial score (nSPS) is 18.4. The molecule has 3 aromatic rings. The van der Waals surface area contributed by atoms with Crippen molar-refractivity contribution in [2.24, 2.45) is 0 Å². The van der Waals surface area contributed by atoms with Crippen LogP contribution in [0.3, 0.4) is 0 Å². The number of β-amino-alcohol motifs (C(OH)–C–C–N with tert-alkyl or cyclic N) is 1. The van der Waals surface area contributed by atoms with Crippen molar-refractivity contribution < 1.29 is 14.9 Å². The maximum absolute atomic E-state index is 10.2. The molecule has 0 radical (unpaired) electrons. The molecule has 3 aromatic heterocycles. The van der Waals surface area contributed by atoms with Gasteiger partial charge in [-0.05, 0) is 57.2 Å². The van der Waals surface area contributed by atoms with E-state index in [9.17, 15) is 5.11 Å². The first-order chi connectivity index (χ1) is 17.6. The van der Waals surface area contributed by atoms with Gasteiger partial charge in [0.2, 0.25) is 5.95 Å². The Morgan fingerprint density at radius 1 is 1.06 bits per heavy atom. The molecule has 1 atom stereocenters. The molecular weight excluding hydrogens is 458 g/mol. The number of pyridine rings is 2. The second-order valence-corrected chi connectivity index (χ2v) is 9.61. The van der Waals surface area contributed by atoms with E-state index >= 15 is 0 Å². The van der Waals surface area contributed by atoms with Gasteiger partial charge in [0.1, 0.15) is 23.2 Å². The Balaban J connectivity index is 1.29. The number of ether oxygens (including phenoxy) is 1. The third-order valence-corrected chi connectivity index (χ3v) is 6.88. The first kappa shape index (κ1) is 24.6. The minimum atomic E-state index is -0.659. The highest BCUT2D eigenvalue weighted by atomic mass is 16.5. The molecule has 0 aliphatic carbocycles. The summed E-state index contributed by atoms with van der Waals surface area (Å²) in [4.78, 5) is 23.0. The van der Waals surface area contributed by atoms with Crippen molar-refractivity contribution in [3.05, 3.63) is 36.3 Å². The SMILES string of the molecule is C[C@@H](O)c1cc2cnc(Nc3ccc(OC4CCN(CCO)CC4)cn3)nc2c(N2CCCCC2)n1. The topological polar surface area (TPSA) is 120 Å². The van der Waals surface area contributed by atoms with Gasteiger partial charge in [0.05, 0.1) is 24.6 Å². The van der Waals surface area contributed by atoms with Gasteiger partial charge in [-0.25, -0.2) is 19.9 Å². The predicted octanol–water partition coefficient (Wildman–Crippen LogP) is 3.04. The quantitative estimate of drug-likeness (QED) is 0.432. The molecule has 36 heavy (non-hydrogen) atoms. The molecule has 0 unspecified atom stereocenters. The summed E-state index contributed by atoms with van der Waals surface area (Å²) in [5.41, 5.74) is 1.40. The van der Waals surface area contributed by atoms with Gasteiger partial charge in [0, 0.05) is 44.3 Å². The Labute approximate surface area is 211 Å². The molecule has 10 nitrogen and oxygen atoms in total. The van der Waals surface area contributed by atoms with E-state index in [0.29, 0.717) is 17.5 Å². The first-order valence-electron chi connectivity index (χ1n) is 12.9. The number of rotatable bonds is 8. The highest BCUT2D eigenvalue weighted by Crippen LogP contribution is 2.29. The van der Waals surface area contributed by atoms with Crippen LogP contribution >= 0.6 is 0 Å². The molecule has 0 saturated carbocycles. The molecule has 192 valence electrons. The van der Waals surface area contributed by atoms with Crippen molar-refractivity contribution >= 4 is 28.5 Å². The van der Waals surface area contributed by atoms with Gasteiger partial charge >= 0.3 is 0 Å². The number of aliphatic hydroxyl groups is 2. The van der Waals surface area contributed by atoms with Gasteiger partial charge in [-0.3, -0.25) is 0 Å². The summed E-state index contributed by atoms with van der Waals surface area (Å²) in [7, 11) is 0. The van der Waals surface area contributed by atoms with Crippen molar-refractivity contribution in [2.75, 3.05) is 49.5 Å². The van der Waals surface area contributed by atoms with E-state index in [-0.39, 0.29) is 12.7 Å². The Morgan fingerprint density at radius 2 is 1.86 bits per heavy atom. The third kappa shape index (κ3) is 5.83. The van der Waals surface area contributed by atoms with E-state index in [2.05, 4.69) is 25.1 Å². The molecule has 3 N–H and O–H groups in total. The Bertz CT molecular complexity index is 1140. The van der Waals surface area contributed by atoms with Crippen molar-refractivity contribution in [1.29, 1.82) is 0 Å². The summed E-state index contributed by atoms with van der Waals surface area (Å²) in [5, 5.41) is 23.3. The number of hydrogen-bond donors (Lipinski definition) is 3. The predicted molar refractivity (Wildman–Crippen MR) is 139 cm³/mol. The minimum Gasteiger partial charge on any atom is -0.489 e. The molecule has 2 aliphatic heterocycles. The fraction of sp³-hybridized carbons (Fsp3) is 0.538. The van der Waals surface area contributed by atoms with E-state index < -0.39 is 6.10 Å². The first-order valence-corrected chi connectivity index (χ1v) is 12.9. The summed E-state index contributed by atoms with van der Waals surface area (Å²) >= 11 is 0. The summed E-state index contributed by atoms with van der Waals surface area (Å²) in [5.74, 6) is 2.62. The number of hydrogen-bond acceptors (Lipinski definition) is 10. The van der Waals surface area contributed by atoms with Gasteiger partial charge in [0.25, 0.3) is 0 Å². The maximum atomic E-state index is 10.2. The Hall–Kier alpha value is -3.08. The monoisotopic (exact) mass is 493 g/mol. The van der Waals surface area contributed by atoms with Crippen LogP contribution < -0.4 is 15.0 Å². The summed E-state index contributed by atoms with van der Waals surface area (Å²) in [6.45, 7) is 6.38. The van der Waals surface area contributed by atoms with Crippen LogP contribution in [0.25, 0.3) is 10.9 Å². The summed E-state index contributed by atoms with van der Waals surface area (Å²) < 4.78 is 6.11. The molecule has 2 saturated heterocycles. The van der Waals surface area contributed by atoms with E-state index in [1.807, 2.05) is 18.2 Å². The zero-order chi connectivity index (χ0) is 24.9. The molecule has 0 amide bonds. The smallest absolute Gasteiger partial charge is 0.229 e. The average molecular weight is 494 g/mol. The molecule has 5 rings (SSSR count). The molecule has 0 spiro atoms. The number of nitrogens with one attached hydrogen (secondary N) is 1. The van der Waals surface area contributed by atoms with Crippen molar-refractivity contribution in [3.63, 3.8) is 0 Å². The molecule has 5 heterocycles. The second-order valence-electron chi connectivity index (χ2n) is 9.61. The summed E-state index contributed by atoms with van der Waals surface area (Å²) in [6, 6.07) is 5.63. The lowest BCUT2D eigenvalue weighted by molar-refractivity contribution is 0.0886. The lowest BCUT2D eigenvalue weighted by Gasteiger charge is -2.31. The van der Waals surface area contributed by atoms with Gasteiger partial charge in [0.15, 0.2) is 5.82 Å². The lowest BCUT2D eigenvalue weighted by Crippen LogP contribution is -2.39. The molecule has 0 bridgehead atoms. The van der Waals surface area contributed by atoms with E-state index in [4.69, 9.17) is 19.8 Å². The van der Waals surface area contributed by atoms with Crippen LogP contribution in [0, 0.1) is 0 Å². The maximum Gasteiger partial charge on any atom is 0.229 e. The lowest BCUT2D eigenvalue weighted by atomic mass is 10.1. The van der Waals surface area contributed by atoms with Crippen LogP contribution in [-0.4, -0.2) is 80.5 Å². The van der Waals surface area contributed by atoms with Crippen molar-refractivity contribution in [2.45, 2.75) is 51.2 Å². The molecule has 2 fully saturated rings. The number of likely N-dealkylation sites (tertiary alicyclic amines) is 1. The third-order valence-electron chi connectivity index (χ3n) is 6.88. The number of aromatic nitrogens is 4. The van der Waals surface area contributed by atoms with Gasteiger partial charge in [-0.2, -0.15) is 0 Å². The zero-order valence-electron chi connectivity index (χ0n) is 20.8. The number of aliphatic hydroxyl groups excluding tert-OH is 2. The van der Waals surface area contributed by atoms with Crippen LogP contribution in [-0.2, 0) is 0 Å². The van der Waals surface area contributed by atoms with E-state index in [1.165, 1.54) is 6.42 Å². The molecule has 2 aliphatic rings. The van der Waals surface area contributed by atoms with E-state index in [1.54, 1.807) is 19.3 Å². The fourth-order valence-electron chi connectivity index (χ4n) is 4.87. The zero-order valence-corrected chi connectivity index (χ0v) is 20.8. The largest absolute Gasteiger partial charge is 0.489 e. The van der Waals surface area contributed by atoms with Gasteiger partial charge in [-0.15, -0.1) is 0 Å². The number of anilines is 3. The fourth-order valence-corrected chi connectivity index (χ4v) is 4.87. The molecular formula is C26H35N7O3. The van der Waals surface area contributed by atoms with E-state index in [0.717, 1.165) is 80.9 Å². The van der Waals surface area contributed by atoms with Crippen LogP contribution in [0.15, 0.2) is 30.6 Å². The molecule has 0 aromatic carbocycles. The number of nitrogens with zero attached hydrogens (tertiary/aromatic N) is 6. The Morgan fingerprint density at radius 3 is 2.56 bits per heavy atom. The second kappa shape index (κ2) is 11.3. The highest BCUT2D eigenvalue weighted by Gasteiger charge is 2.21. The van der Waals surface area contributed by atoms with Gasteiger partial charge < -0.3 is 30.1 Å². The summed E-state index contributed by atoms with van der Waals surface area (Å²) in [6.07, 6.45) is 8.35.